The Morgan fingerprint density at radius 2 is 1.95 bits per heavy atom. The van der Waals surface area contributed by atoms with Crippen LogP contribution in [-0.4, -0.2) is 11.7 Å². The van der Waals surface area contributed by atoms with E-state index in [9.17, 15) is 9.18 Å². The van der Waals surface area contributed by atoms with Crippen molar-refractivity contribution in [3.05, 3.63) is 54.3 Å². The quantitative estimate of drug-likeness (QED) is 0.654. The van der Waals surface area contributed by atoms with E-state index >= 15 is 0 Å². The average molecular weight is 290 g/mol. The van der Waals surface area contributed by atoms with Gasteiger partial charge in [0.25, 0.3) is 0 Å². The third-order valence-corrected chi connectivity index (χ3v) is 3.62. The smallest absolute Gasteiger partial charge is 0.225 e. The third kappa shape index (κ3) is 4.28. The number of halogens is 1. The van der Waals surface area contributed by atoms with Crippen molar-refractivity contribution in [1.82, 2.24) is 0 Å². The van der Waals surface area contributed by atoms with Gasteiger partial charge in [0, 0.05) is 22.8 Å². The van der Waals surface area contributed by atoms with Gasteiger partial charge in [0.1, 0.15) is 5.82 Å². The Hall–Kier alpha value is -2.01. The Morgan fingerprint density at radius 1 is 1.20 bits per heavy atom. The monoisotopic (exact) mass is 290 g/mol. The Labute approximate surface area is 121 Å². The minimum absolute atomic E-state index is 0.125. The number of amides is 1. The molecule has 0 saturated carbocycles. The fourth-order valence-corrected chi connectivity index (χ4v) is 2.50. The van der Waals surface area contributed by atoms with E-state index in [1.807, 2.05) is 30.3 Å². The zero-order valence-electron chi connectivity index (χ0n) is 10.8. The molecule has 2 aromatic rings. The Balaban J connectivity index is 1.82. The summed E-state index contributed by atoms with van der Waals surface area (Å²) >= 11 is 1.59. The van der Waals surface area contributed by atoms with Gasteiger partial charge in [0.2, 0.25) is 5.91 Å². The molecule has 0 saturated heterocycles. The predicted molar refractivity (Wildman–Crippen MR) is 81.2 cm³/mol. The summed E-state index contributed by atoms with van der Waals surface area (Å²) in [4.78, 5) is 12.8. The number of thioether (sulfide) groups is 1. The molecule has 5 heteroatoms. The molecule has 0 fully saturated rings. The van der Waals surface area contributed by atoms with E-state index in [1.165, 1.54) is 18.2 Å². The lowest BCUT2D eigenvalue weighted by Gasteiger charge is -2.07. The molecule has 3 nitrogen and oxygen atoms in total. The highest BCUT2D eigenvalue weighted by molar-refractivity contribution is 7.99. The summed E-state index contributed by atoms with van der Waals surface area (Å²) in [5, 5.41) is 2.53. The lowest BCUT2D eigenvalue weighted by Crippen LogP contribution is -2.13. The van der Waals surface area contributed by atoms with Crippen molar-refractivity contribution in [2.24, 2.45) is 0 Å². The van der Waals surface area contributed by atoms with Crippen molar-refractivity contribution in [1.29, 1.82) is 0 Å². The number of nitrogen functional groups attached to an aromatic ring is 1. The molecule has 0 bridgehead atoms. The van der Waals surface area contributed by atoms with E-state index in [1.54, 1.807) is 11.8 Å². The third-order valence-electron chi connectivity index (χ3n) is 2.61. The van der Waals surface area contributed by atoms with Crippen LogP contribution in [-0.2, 0) is 4.79 Å². The maximum atomic E-state index is 13.4. The molecular formula is C15H15FN2OS. The van der Waals surface area contributed by atoms with Gasteiger partial charge in [-0.2, -0.15) is 0 Å². The van der Waals surface area contributed by atoms with Crippen LogP contribution in [0.25, 0.3) is 0 Å². The second-order valence-electron chi connectivity index (χ2n) is 4.20. The van der Waals surface area contributed by atoms with E-state index in [-0.39, 0.29) is 11.6 Å². The van der Waals surface area contributed by atoms with E-state index in [4.69, 9.17) is 5.73 Å². The molecule has 0 heterocycles. The van der Waals surface area contributed by atoms with Crippen molar-refractivity contribution in [2.75, 3.05) is 16.8 Å². The number of anilines is 2. The SMILES string of the molecule is Nc1ccc(F)c(NC(=O)CCSc2ccccc2)c1. The molecule has 0 spiro atoms. The average Bonchev–Trinajstić information content (AvgIpc) is 2.44. The molecule has 20 heavy (non-hydrogen) atoms. The van der Waals surface area contributed by atoms with Gasteiger partial charge in [-0.15, -0.1) is 11.8 Å². The molecule has 0 radical (unpaired) electrons. The second kappa shape index (κ2) is 6.96. The zero-order chi connectivity index (χ0) is 14.4. The summed E-state index contributed by atoms with van der Waals surface area (Å²) in [6.07, 6.45) is 0.313. The van der Waals surface area contributed by atoms with Crippen LogP contribution in [0.3, 0.4) is 0 Å². The van der Waals surface area contributed by atoms with Crippen LogP contribution in [0.15, 0.2) is 53.4 Å². The number of carbonyl (C=O) groups is 1. The van der Waals surface area contributed by atoms with E-state index in [0.717, 1.165) is 4.90 Å². The number of nitrogens with one attached hydrogen (secondary N) is 1. The van der Waals surface area contributed by atoms with Crippen LogP contribution >= 0.6 is 11.8 Å². The Kier molecular flexibility index (Phi) is 5.01. The van der Waals surface area contributed by atoms with Crippen LogP contribution in [0.1, 0.15) is 6.42 Å². The topological polar surface area (TPSA) is 55.1 Å². The molecule has 0 unspecified atom stereocenters. The van der Waals surface area contributed by atoms with Crippen molar-refractivity contribution < 1.29 is 9.18 Å². The summed E-state index contributed by atoms with van der Waals surface area (Å²) in [6, 6.07) is 13.9. The first-order valence-electron chi connectivity index (χ1n) is 6.18. The number of carbonyl (C=O) groups excluding carboxylic acids is 1. The first kappa shape index (κ1) is 14.4. The Morgan fingerprint density at radius 3 is 2.70 bits per heavy atom. The number of hydrogen-bond donors (Lipinski definition) is 2. The molecule has 0 aliphatic rings. The lowest BCUT2D eigenvalue weighted by molar-refractivity contribution is -0.115. The standard InChI is InChI=1S/C15H15FN2OS/c16-13-7-6-11(17)10-14(13)18-15(19)8-9-20-12-4-2-1-3-5-12/h1-7,10H,8-9,17H2,(H,18,19). The first-order valence-corrected chi connectivity index (χ1v) is 7.16. The fourth-order valence-electron chi connectivity index (χ4n) is 1.63. The van der Waals surface area contributed by atoms with Crippen LogP contribution in [0.5, 0.6) is 0 Å². The summed E-state index contributed by atoms with van der Waals surface area (Å²) in [6.45, 7) is 0. The van der Waals surface area contributed by atoms with Gasteiger partial charge in [0.15, 0.2) is 0 Å². The largest absolute Gasteiger partial charge is 0.399 e. The minimum atomic E-state index is -0.483. The molecule has 2 rings (SSSR count). The van der Waals surface area contributed by atoms with Gasteiger partial charge in [-0.05, 0) is 30.3 Å². The second-order valence-corrected chi connectivity index (χ2v) is 5.37. The Bertz CT molecular complexity index is 590. The minimum Gasteiger partial charge on any atom is -0.399 e. The predicted octanol–water partition coefficient (Wildman–Crippen LogP) is 3.53. The molecule has 0 atom stereocenters. The molecule has 0 aliphatic carbocycles. The maximum absolute atomic E-state index is 13.4. The van der Waals surface area contributed by atoms with Gasteiger partial charge in [-0.3, -0.25) is 4.79 Å². The summed E-state index contributed by atoms with van der Waals surface area (Å²) in [7, 11) is 0. The summed E-state index contributed by atoms with van der Waals surface area (Å²) in [5.74, 6) is -0.0686. The van der Waals surface area contributed by atoms with Crippen molar-refractivity contribution in [3.8, 4) is 0 Å². The lowest BCUT2D eigenvalue weighted by atomic mass is 10.2. The molecule has 3 N–H and O–H groups in total. The molecule has 104 valence electrons. The maximum Gasteiger partial charge on any atom is 0.225 e. The van der Waals surface area contributed by atoms with Gasteiger partial charge in [-0.1, -0.05) is 18.2 Å². The first-order chi connectivity index (χ1) is 9.65. The number of hydrogen-bond acceptors (Lipinski definition) is 3. The number of benzene rings is 2. The number of nitrogens with two attached hydrogens (primary N) is 1. The van der Waals surface area contributed by atoms with Crippen molar-refractivity contribution in [2.45, 2.75) is 11.3 Å². The highest BCUT2D eigenvalue weighted by Crippen LogP contribution is 2.20. The van der Waals surface area contributed by atoms with Crippen molar-refractivity contribution in [3.63, 3.8) is 0 Å². The van der Waals surface area contributed by atoms with Crippen LogP contribution in [0.4, 0.5) is 15.8 Å². The number of rotatable bonds is 5. The molecule has 0 aliphatic heterocycles. The van der Waals surface area contributed by atoms with E-state index in [2.05, 4.69) is 5.32 Å². The highest BCUT2D eigenvalue weighted by atomic mass is 32.2. The van der Waals surface area contributed by atoms with Crippen LogP contribution in [0, 0.1) is 5.82 Å². The molecule has 1 amide bonds. The molecule has 2 aromatic carbocycles. The van der Waals surface area contributed by atoms with E-state index < -0.39 is 5.82 Å². The normalized spacial score (nSPS) is 10.2. The van der Waals surface area contributed by atoms with Gasteiger partial charge in [-0.25, -0.2) is 4.39 Å². The van der Waals surface area contributed by atoms with E-state index in [0.29, 0.717) is 17.9 Å². The van der Waals surface area contributed by atoms with Gasteiger partial charge in [0.05, 0.1) is 5.69 Å². The fraction of sp³-hybridized carbons (Fsp3) is 0.133. The summed E-state index contributed by atoms with van der Waals surface area (Å²) in [5.41, 5.74) is 6.10. The molecule has 0 aromatic heterocycles. The van der Waals surface area contributed by atoms with Crippen LogP contribution in [0.2, 0.25) is 0 Å². The summed E-state index contributed by atoms with van der Waals surface area (Å²) < 4.78 is 13.4. The van der Waals surface area contributed by atoms with Gasteiger partial charge < -0.3 is 11.1 Å². The highest BCUT2D eigenvalue weighted by Gasteiger charge is 2.07. The zero-order valence-corrected chi connectivity index (χ0v) is 11.6. The van der Waals surface area contributed by atoms with Crippen LogP contribution < -0.4 is 11.1 Å². The molecular weight excluding hydrogens is 275 g/mol. The van der Waals surface area contributed by atoms with Crippen molar-refractivity contribution >= 4 is 29.0 Å². The van der Waals surface area contributed by atoms with Gasteiger partial charge >= 0.3 is 0 Å².